The van der Waals surface area contributed by atoms with Gasteiger partial charge < -0.3 is 10.6 Å². The largest absolute Gasteiger partial charge is 0.356 e. The Bertz CT molecular complexity index is 675. The van der Waals surface area contributed by atoms with Gasteiger partial charge in [0.25, 0.3) is 0 Å². The van der Waals surface area contributed by atoms with Crippen molar-refractivity contribution in [2.75, 3.05) is 13.6 Å². The molecule has 0 unspecified atom stereocenters. The Morgan fingerprint density at radius 2 is 1.62 bits per heavy atom. The normalized spacial score (nSPS) is 10.9. The van der Waals surface area contributed by atoms with E-state index in [0.717, 1.165) is 23.8 Å². The molecule has 3 nitrogen and oxygen atoms in total. The first kappa shape index (κ1) is 20.3. The summed E-state index contributed by atoms with van der Waals surface area (Å²) in [5.74, 6) is -0.741. The zero-order valence-electron chi connectivity index (χ0n) is 13.2. The van der Waals surface area contributed by atoms with Crippen molar-refractivity contribution in [3.05, 3.63) is 71.0 Å². The summed E-state index contributed by atoms with van der Waals surface area (Å²) in [5.41, 5.74) is 1.22. The molecule has 24 heavy (non-hydrogen) atoms. The van der Waals surface area contributed by atoms with Crippen LogP contribution in [0.4, 0.5) is 13.2 Å². The predicted octanol–water partition coefficient (Wildman–Crippen LogP) is 3.63. The first-order valence-electron chi connectivity index (χ1n) is 7.21. The second-order valence-electron chi connectivity index (χ2n) is 4.96. The molecule has 0 aliphatic heterocycles. The Labute approximate surface area is 156 Å². The van der Waals surface area contributed by atoms with Crippen LogP contribution in [0.3, 0.4) is 0 Å². The average Bonchev–Trinajstić information content (AvgIpc) is 2.55. The summed E-state index contributed by atoms with van der Waals surface area (Å²) in [7, 11) is 1.59. The van der Waals surface area contributed by atoms with Gasteiger partial charge in [-0.2, -0.15) is 0 Å². The van der Waals surface area contributed by atoms with Crippen LogP contribution in [0.1, 0.15) is 11.1 Å². The summed E-state index contributed by atoms with van der Waals surface area (Å²) in [5, 5.41) is 5.99. The van der Waals surface area contributed by atoms with Crippen molar-refractivity contribution in [2.24, 2.45) is 4.99 Å². The van der Waals surface area contributed by atoms with Gasteiger partial charge in [0, 0.05) is 25.7 Å². The standard InChI is InChI=1S/C17H18F3N3.HI/c1-21-17(22-9-8-12-2-4-14(18)5-3-12)23-11-13-10-15(19)6-7-16(13)20;/h2-7,10H,8-9,11H2,1H3,(H2,21,22,23);1H. The van der Waals surface area contributed by atoms with E-state index in [2.05, 4.69) is 15.6 Å². The SMILES string of the molecule is CN=C(NCCc1ccc(F)cc1)NCc1cc(F)ccc1F.I. The average molecular weight is 449 g/mol. The molecule has 0 bridgehead atoms. The molecule has 2 aromatic carbocycles. The van der Waals surface area contributed by atoms with Gasteiger partial charge in [0.2, 0.25) is 0 Å². The van der Waals surface area contributed by atoms with Crippen molar-refractivity contribution >= 4 is 29.9 Å². The number of halogens is 4. The number of guanidine groups is 1. The molecule has 0 saturated carbocycles. The fourth-order valence-electron chi connectivity index (χ4n) is 2.05. The van der Waals surface area contributed by atoms with Gasteiger partial charge >= 0.3 is 0 Å². The zero-order valence-corrected chi connectivity index (χ0v) is 15.5. The molecular weight excluding hydrogens is 430 g/mol. The van der Waals surface area contributed by atoms with E-state index in [1.165, 1.54) is 12.1 Å². The summed E-state index contributed by atoms with van der Waals surface area (Å²) in [6.45, 7) is 0.705. The molecule has 0 radical (unpaired) electrons. The van der Waals surface area contributed by atoms with E-state index in [1.54, 1.807) is 19.2 Å². The quantitative estimate of drug-likeness (QED) is 0.416. The lowest BCUT2D eigenvalue weighted by Crippen LogP contribution is -2.38. The highest BCUT2D eigenvalue weighted by molar-refractivity contribution is 14.0. The van der Waals surface area contributed by atoms with E-state index >= 15 is 0 Å². The molecule has 7 heteroatoms. The lowest BCUT2D eigenvalue weighted by atomic mass is 10.1. The minimum atomic E-state index is -0.484. The van der Waals surface area contributed by atoms with E-state index in [-0.39, 0.29) is 41.9 Å². The molecule has 0 spiro atoms. The van der Waals surface area contributed by atoms with Gasteiger partial charge in [-0.15, -0.1) is 24.0 Å². The Morgan fingerprint density at radius 1 is 0.958 bits per heavy atom. The van der Waals surface area contributed by atoms with E-state index < -0.39 is 11.6 Å². The fraction of sp³-hybridized carbons (Fsp3) is 0.235. The van der Waals surface area contributed by atoms with Gasteiger partial charge in [-0.05, 0) is 42.3 Å². The van der Waals surface area contributed by atoms with Crippen molar-refractivity contribution in [3.63, 3.8) is 0 Å². The fourth-order valence-corrected chi connectivity index (χ4v) is 2.05. The second kappa shape index (κ2) is 10.2. The van der Waals surface area contributed by atoms with Gasteiger partial charge in [-0.3, -0.25) is 4.99 Å². The monoisotopic (exact) mass is 449 g/mol. The van der Waals surface area contributed by atoms with Crippen molar-refractivity contribution in [1.82, 2.24) is 10.6 Å². The molecule has 2 aromatic rings. The van der Waals surface area contributed by atoms with Crippen molar-refractivity contribution < 1.29 is 13.2 Å². The lowest BCUT2D eigenvalue weighted by Gasteiger charge is -2.12. The van der Waals surface area contributed by atoms with Gasteiger partial charge in [-0.25, -0.2) is 13.2 Å². The Kier molecular flexibility index (Phi) is 8.59. The van der Waals surface area contributed by atoms with Crippen LogP contribution in [-0.2, 0) is 13.0 Å². The highest BCUT2D eigenvalue weighted by Gasteiger charge is 2.05. The van der Waals surface area contributed by atoms with E-state index in [9.17, 15) is 13.2 Å². The van der Waals surface area contributed by atoms with Gasteiger partial charge in [0.05, 0.1) is 0 Å². The van der Waals surface area contributed by atoms with Crippen LogP contribution in [0, 0.1) is 17.5 Å². The van der Waals surface area contributed by atoms with Crippen LogP contribution in [0.5, 0.6) is 0 Å². The highest BCUT2D eigenvalue weighted by atomic mass is 127. The molecule has 2 rings (SSSR count). The minimum absolute atomic E-state index is 0. The third-order valence-electron chi connectivity index (χ3n) is 3.30. The molecule has 2 N–H and O–H groups in total. The number of nitrogens with zero attached hydrogens (tertiary/aromatic N) is 1. The molecule has 0 amide bonds. The molecule has 0 saturated heterocycles. The number of aliphatic imine (C=N–C) groups is 1. The van der Waals surface area contributed by atoms with Crippen LogP contribution < -0.4 is 10.6 Å². The molecule has 0 aliphatic carbocycles. The minimum Gasteiger partial charge on any atom is -0.356 e. The number of hydrogen-bond donors (Lipinski definition) is 2. The first-order valence-corrected chi connectivity index (χ1v) is 7.21. The number of hydrogen-bond acceptors (Lipinski definition) is 1. The molecule has 0 aromatic heterocycles. The molecule has 0 atom stereocenters. The molecule has 0 fully saturated rings. The maximum Gasteiger partial charge on any atom is 0.191 e. The van der Waals surface area contributed by atoms with Crippen LogP contribution in [-0.4, -0.2) is 19.6 Å². The maximum atomic E-state index is 13.5. The Balaban J connectivity index is 0.00000288. The van der Waals surface area contributed by atoms with Crippen LogP contribution in [0.25, 0.3) is 0 Å². The molecular formula is C17H19F3IN3. The predicted molar refractivity (Wildman–Crippen MR) is 100 cm³/mol. The van der Waals surface area contributed by atoms with Crippen LogP contribution >= 0.6 is 24.0 Å². The third kappa shape index (κ3) is 6.38. The summed E-state index contributed by atoms with van der Waals surface area (Å²) >= 11 is 0. The van der Waals surface area contributed by atoms with Gasteiger partial charge in [0.1, 0.15) is 17.5 Å². The summed E-state index contributed by atoms with van der Waals surface area (Å²) in [6, 6.07) is 9.58. The smallest absolute Gasteiger partial charge is 0.191 e. The molecule has 0 aliphatic rings. The highest BCUT2D eigenvalue weighted by Crippen LogP contribution is 2.09. The summed E-state index contributed by atoms with van der Waals surface area (Å²) in [4.78, 5) is 4.02. The summed E-state index contributed by atoms with van der Waals surface area (Å²) < 4.78 is 39.4. The van der Waals surface area contributed by atoms with E-state index in [0.29, 0.717) is 18.9 Å². The zero-order chi connectivity index (χ0) is 16.7. The number of benzene rings is 2. The number of nitrogens with one attached hydrogen (secondary N) is 2. The lowest BCUT2D eigenvalue weighted by molar-refractivity contribution is 0.581. The molecule has 0 heterocycles. The van der Waals surface area contributed by atoms with Crippen molar-refractivity contribution in [2.45, 2.75) is 13.0 Å². The third-order valence-corrected chi connectivity index (χ3v) is 3.30. The Morgan fingerprint density at radius 3 is 2.29 bits per heavy atom. The van der Waals surface area contributed by atoms with Crippen LogP contribution in [0.15, 0.2) is 47.5 Å². The van der Waals surface area contributed by atoms with Crippen LogP contribution in [0.2, 0.25) is 0 Å². The van der Waals surface area contributed by atoms with Crippen molar-refractivity contribution in [1.29, 1.82) is 0 Å². The topological polar surface area (TPSA) is 36.4 Å². The van der Waals surface area contributed by atoms with Crippen molar-refractivity contribution in [3.8, 4) is 0 Å². The van der Waals surface area contributed by atoms with Gasteiger partial charge in [-0.1, -0.05) is 12.1 Å². The summed E-state index contributed by atoms with van der Waals surface area (Å²) in [6.07, 6.45) is 0.690. The second-order valence-corrected chi connectivity index (χ2v) is 4.96. The van der Waals surface area contributed by atoms with E-state index in [1.807, 2.05) is 0 Å². The Hall–Kier alpha value is -1.77. The molecule has 130 valence electrons. The van der Waals surface area contributed by atoms with Gasteiger partial charge in [0.15, 0.2) is 5.96 Å². The first-order chi connectivity index (χ1) is 11.1. The maximum absolute atomic E-state index is 13.5. The van der Waals surface area contributed by atoms with E-state index in [4.69, 9.17) is 0 Å². The number of rotatable bonds is 5.